The Balaban J connectivity index is 1.81. The molecule has 4 atom stereocenters. The standard InChI is InChI=1S/C16H23NO3/c1-19-17-7-6-16-5-3-2-4-14(16)20-13-9-12(18)8-11(10-17)15(13)16/h6-7,11-12,14,18H,2-5,8-10H2,1H3. The van der Waals surface area contributed by atoms with Crippen LogP contribution in [0.5, 0.6) is 0 Å². The minimum Gasteiger partial charge on any atom is -0.493 e. The maximum atomic E-state index is 10.2. The van der Waals surface area contributed by atoms with Crippen LogP contribution >= 0.6 is 0 Å². The summed E-state index contributed by atoms with van der Waals surface area (Å²) >= 11 is 0. The molecule has 0 amide bonds. The molecule has 2 aliphatic heterocycles. The molecule has 2 aliphatic carbocycles. The monoisotopic (exact) mass is 277 g/mol. The van der Waals surface area contributed by atoms with Crippen LogP contribution in [0, 0.1) is 11.3 Å². The fraction of sp³-hybridized carbons (Fsp3) is 0.750. The summed E-state index contributed by atoms with van der Waals surface area (Å²) in [5.74, 6) is 1.44. The summed E-state index contributed by atoms with van der Waals surface area (Å²) in [6.07, 6.45) is 10.8. The first kappa shape index (κ1) is 12.7. The first-order valence-corrected chi connectivity index (χ1v) is 7.81. The largest absolute Gasteiger partial charge is 0.493 e. The molecular weight excluding hydrogens is 254 g/mol. The second-order valence-corrected chi connectivity index (χ2v) is 6.62. The van der Waals surface area contributed by atoms with Gasteiger partial charge in [0.25, 0.3) is 0 Å². The zero-order chi connectivity index (χ0) is 13.7. The molecule has 1 saturated carbocycles. The Kier molecular flexibility index (Phi) is 2.86. The van der Waals surface area contributed by atoms with E-state index in [0.717, 1.165) is 25.1 Å². The zero-order valence-corrected chi connectivity index (χ0v) is 12.0. The van der Waals surface area contributed by atoms with E-state index in [1.54, 1.807) is 7.11 Å². The van der Waals surface area contributed by atoms with Crippen LogP contribution in [0.15, 0.2) is 23.6 Å². The first-order chi connectivity index (χ1) is 9.73. The van der Waals surface area contributed by atoms with E-state index in [0.29, 0.717) is 12.3 Å². The zero-order valence-electron chi connectivity index (χ0n) is 12.0. The molecule has 0 aromatic heterocycles. The van der Waals surface area contributed by atoms with Crippen molar-refractivity contribution in [3.63, 3.8) is 0 Å². The predicted octanol–water partition coefficient (Wildman–Crippen LogP) is 2.36. The van der Waals surface area contributed by atoms with Crippen LogP contribution in [-0.2, 0) is 9.57 Å². The Morgan fingerprint density at radius 2 is 2.35 bits per heavy atom. The van der Waals surface area contributed by atoms with Crippen LogP contribution in [0.3, 0.4) is 0 Å². The SMILES string of the molecule is CON1C=CC23CCCCC2OC2=C3C(CC(O)C2)C1. The van der Waals surface area contributed by atoms with Gasteiger partial charge in [-0.3, -0.25) is 9.90 Å². The van der Waals surface area contributed by atoms with Crippen molar-refractivity contribution in [1.82, 2.24) is 5.06 Å². The van der Waals surface area contributed by atoms with E-state index in [-0.39, 0.29) is 17.6 Å². The average Bonchev–Trinajstić information content (AvgIpc) is 2.68. The number of nitrogens with zero attached hydrogens (tertiary/aromatic N) is 1. The Morgan fingerprint density at radius 3 is 3.20 bits per heavy atom. The quantitative estimate of drug-likeness (QED) is 0.799. The summed E-state index contributed by atoms with van der Waals surface area (Å²) in [5, 5.41) is 12.1. The highest BCUT2D eigenvalue weighted by molar-refractivity contribution is 5.38. The molecule has 0 radical (unpaired) electrons. The molecule has 110 valence electrons. The van der Waals surface area contributed by atoms with E-state index in [9.17, 15) is 5.11 Å². The van der Waals surface area contributed by atoms with Gasteiger partial charge in [-0.1, -0.05) is 12.5 Å². The molecule has 4 unspecified atom stereocenters. The molecule has 4 nitrogen and oxygen atoms in total. The van der Waals surface area contributed by atoms with Crippen molar-refractivity contribution < 1.29 is 14.7 Å². The van der Waals surface area contributed by atoms with Crippen molar-refractivity contribution in [2.45, 2.75) is 50.7 Å². The summed E-state index contributed by atoms with van der Waals surface area (Å²) in [5.41, 5.74) is 1.55. The topological polar surface area (TPSA) is 41.9 Å². The molecular formula is C16H23NO3. The van der Waals surface area contributed by atoms with E-state index in [1.165, 1.54) is 24.8 Å². The van der Waals surface area contributed by atoms with Crippen molar-refractivity contribution in [3.05, 3.63) is 23.6 Å². The molecule has 4 heteroatoms. The van der Waals surface area contributed by atoms with Crippen molar-refractivity contribution >= 4 is 0 Å². The third-order valence-corrected chi connectivity index (χ3v) is 5.53. The number of hydrogen-bond donors (Lipinski definition) is 1. The molecule has 20 heavy (non-hydrogen) atoms. The highest BCUT2D eigenvalue weighted by atomic mass is 16.7. The average molecular weight is 277 g/mol. The molecule has 4 aliphatic rings. The van der Waals surface area contributed by atoms with Gasteiger partial charge in [-0.15, -0.1) is 0 Å². The van der Waals surface area contributed by atoms with E-state index < -0.39 is 0 Å². The van der Waals surface area contributed by atoms with Crippen LogP contribution in [0.1, 0.15) is 38.5 Å². The Labute approximate surface area is 120 Å². The summed E-state index contributed by atoms with van der Waals surface area (Å²) in [4.78, 5) is 5.44. The number of hydrogen-bond acceptors (Lipinski definition) is 4. The molecule has 2 heterocycles. The lowest BCUT2D eigenvalue weighted by Crippen LogP contribution is -2.38. The van der Waals surface area contributed by atoms with Crippen LogP contribution in [0.2, 0.25) is 0 Å². The van der Waals surface area contributed by atoms with Gasteiger partial charge >= 0.3 is 0 Å². The number of rotatable bonds is 1. The third-order valence-electron chi connectivity index (χ3n) is 5.53. The molecule has 0 saturated heterocycles. The first-order valence-electron chi connectivity index (χ1n) is 7.81. The lowest BCUT2D eigenvalue weighted by Gasteiger charge is -2.39. The fourth-order valence-electron chi connectivity index (χ4n) is 4.72. The Bertz CT molecular complexity index is 472. The number of aliphatic hydroxyl groups is 1. The number of hydroxylamine groups is 2. The highest BCUT2D eigenvalue weighted by Gasteiger charge is 2.54. The summed E-state index contributed by atoms with van der Waals surface area (Å²) < 4.78 is 6.28. The second kappa shape index (κ2) is 4.50. The fourth-order valence-corrected chi connectivity index (χ4v) is 4.72. The lowest BCUT2D eigenvalue weighted by atomic mass is 9.63. The highest BCUT2D eigenvalue weighted by Crippen LogP contribution is 2.58. The molecule has 4 rings (SSSR count). The molecule has 1 fully saturated rings. The van der Waals surface area contributed by atoms with Crippen LogP contribution in [0.25, 0.3) is 0 Å². The van der Waals surface area contributed by atoms with Crippen molar-refractivity contribution in [2.75, 3.05) is 13.7 Å². The van der Waals surface area contributed by atoms with Gasteiger partial charge < -0.3 is 9.84 Å². The molecule has 0 aromatic rings. The van der Waals surface area contributed by atoms with Crippen molar-refractivity contribution in [2.24, 2.45) is 11.3 Å². The van der Waals surface area contributed by atoms with Crippen molar-refractivity contribution in [1.29, 1.82) is 0 Å². The third kappa shape index (κ3) is 1.67. The van der Waals surface area contributed by atoms with E-state index in [4.69, 9.17) is 9.57 Å². The van der Waals surface area contributed by atoms with Crippen LogP contribution in [-0.4, -0.2) is 36.0 Å². The lowest BCUT2D eigenvalue weighted by molar-refractivity contribution is -0.0967. The summed E-state index contributed by atoms with van der Waals surface area (Å²) in [6.45, 7) is 0.820. The number of aliphatic hydroxyl groups excluding tert-OH is 1. The van der Waals surface area contributed by atoms with E-state index in [2.05, 4.69) is 12.3 Å². The number of ether oxygens (including phenoxy) is 1. The van der Waals surface area contributed by atoms with Gasteiger partial charge in [0.2, 0.25) is 0 Å². The van der Waals surface area contributed by atoms with Gasteiger partial charge in [-0.05, 0) is 31.3 Å². The minimum absolute atomic E-state index is 0.0751. The summed E-state index contributed by atoms with van der Waals surface area (Å²) in [7, 11) is 1.71. The molecule has 0 bridgehead atoms. The van der Waals surface area contributed by atoms with Gasteiger partial charge in [0.1, 0.15) is 6.10 Å². The maximum Gasteiger partial charge on any atom is 0.111 e. The van der Waals surface area contributed by atoms with E-state index in [1.807, 2.05) is 5.06 Å². The molecule has 0 aromatic carbocycles. The van der Waals surface area contributed by atoms with E-state index >= 15 is 0 Å². The van der Waals surface area contributed by atoms with Crippen LogP contribution in [0.4, 0.5) is 0 Å². The predicted molar refractivity (Wildman–Crippen MR) is 74.4 cm³/mol. The maximum absolute atomic E-state index is 10.2. The Morgan fingerprint density at radius 1 is 1.45 bits per heavy atom. The van der Waals surface area contributed by atoms with Crippen molar-refractivity contribution in [3.8, 4) is 0 Å². The molecule has 1 spiro atoms. The van der Waals surface area contributed by atoms with Gasteiger partial charge in [0.15, 0.2) is 0 Å². The molecule has 1 N–H and O–H groups in total. The second-order valence-electron chi connectivity index (χ2n) is 6.62. The van der Waals surface area contributed by atoms with Gasteiger partial charge in [0.05, 0.1) is 30.9 Å². The van der Waals surface area contributed by atoms with Gasteiger partial charge in [0, 0.05) is 18.5 Å². The minimum atomic E-state index is -0.271. The van der Waals surface area contributed by atoms with Crippen LogP contribution < -0.4 is 0 Å². The smallest absolute Gasteiger partial charge is 0.111 e. The normalized spacial score (nSPS) is 42.9. The Hall–Kier alpha value is -1.00. The van der Waals surface area contributed by atoms with Gasteiger partial charge in [-0.25, -0.2) is 0 Å². The summed E-state index contributed by atoms with van der Waals surface area (Å²) in [6, 6.07) is 0. The van der Waals surface area contributed by atoms with Gasteiger partial charge in [-0.2, -0.15) is 0 Å².